The minimum atomic E-state index is -2.79. The van der Waals surface area contributed by atoms with Gasteiger partial charge in [-0.1, -0.05) is 0 Å². The van der Waals surface area contributed by atoms with Crippen LogP contribution in [0.4, 0.5) is 14.6 Å². The molecule has 0 aliphatic rings. The Morgan fingerprint density at radius 1 is 1.25 bits per heavy atom. The van der Waals surface area contributed by atoms with Gasteiger partial charge in [0.15, 0.2) is 23.4 Å². The molecule has 12 heteroatoms. The number of nitrogens with two attached hydrogens (primary N) is 1. The maximum absolute atomic E-state index is 12.8. The van der Waals surface area contributed by atoms with Crippen LogP contribution in [-0.4, -0.2) is 45.1 Å². The van der Waals surface area contributed by atoms with Gasteiger partial charge in [-0.05, 0) is 22.9 Å². The Bertz CT molecular complexity index is 971. The topological polar surface area (TPSA) is 110 Å². The number of rotatable bonds is 8. The molecule has 0 radical (unpaired) electrons. The fourth-order valence-corrected chi connectivity index (χ4v) is 2.94. The maximum Gasteiger partial charge on any atom is 0.334 e. The molecule has 150 valence electrons. The Morgan fingerprint density at radius 2 is 2.04 bits per heavy atom. The molecule has 0 bridgehead atoms. The fraction of sp³-hybridized carbons (Fsp3) is 0.375. The van der Waals surface area contributed by atoms with Crippen molar-refractivity contribution in [1.82, 2.24) is 24.7 Å². The first-order valence-electron chi connectivity index (χ1n) is 8.12. The van der Waals surface area contributed by atoms with E-state index >= 15 is 0 Å². The summed E-state index contributed by atoms with van der Waals surface area (Å²) in [5.41, 5.74) is 6.55. The molecule has 0 fully saturated rings. The maximum atomic E-state index is 12.8. The van der Waals surface area contributed by atoms with Crippen LogP contribution in [0.25, 0.3) is 10.9 Å². The van der Waals surface area contributed by atoms with Crippen LogP contribution < -0.4 is 15.2 Å². The van der Waals surface area contributed by atoms with Gasteiger partial charge in [-0.15, -0.1) is 5.10 Å². The standard InChI is InChI=1S/C16H17BrF2N6O3/c1-8(15-23-7-25(24-15)16(18)19)28-13-10(27-4-3-26-2)5-9(17)12-11(13)14(20)22-6-21-12/h5-8,16H,3-4H2,1-2H3,(H2,20,21,22). The van der Waals surface area contributed by atoms with Crippen LogP contribution >= 0.6 is 15.9 Å². The number of fused-ring (bicyclic) bond motifs is 1. The van der Waals surface area contributed by atoms with Crippen LogP contribution in [0.15, 0.2) is 23.2 Å². The minimum absolute atomic E-state index is 0.0784. The van der Waals surface area contributed by atoms with Gasteiger partial charge in [0.2, 0.25) is 0 Å². The molecular weight excluding hydrogens is 442 g/mol. The molecular formula is C16H17BrF2N6O3. The number of benzene rings is 1. The molecule has 0 aliphatic carbocycles. The Balaban J connectivity index is 2.03. The summed E-state index contributed by atoms with van der Waals surface area (Å²) in [5, 5.41) is 4.15. The van der Waals surface area contributed by atoms with Crippen molar-refractivity contribution in [2.75, 3.05) is 26.1 Å². The number of alkyl halides is 2. The van der Waals surface area contributed by atoms with E-state index in [1.807, 2.05) is 0 Å². The number of ether oxygens (including phenoxy) is 3. The van der Waals surface area contributed by atoms with Crippen molar-refractivity contribution in [2.45, 2.75) is 19.6 Å². The van der Waals surface area contributed by atoms with Crippen molar-refractivity contribution in [1.29, 1.82) is 0 Å². The summed E-state index contributed by atoms with van der Waals surface area (Å²) in [6.07, 6.45) is 1.49. The SMILES string of the molecule is COCCOc1cc(Br)c2ncnc(N)c2c1OC(C)c1ncn(C(F)F)n1. The summed E-state index contributed by atoms with van der Waals surface area (Å²) in [4.78, 5) is 12.1. The number of nitrogens with zero attached hydrogens (tertiary/aromatic N) is 5. The van der Waals surface area contributed by atoms with Gasteiger partial charge >= 0.3 is 6.55 Å². The van der Waals surface area contributed by atoms with Crippen molar-refractivity contribution >= 4 is 32.7 Å². The van der Waals surface area contributed by atoms with E-state index in [0.717, 1.165) is 6.33 Å². The van der Waals surface area contributed by atoms with Gasteiger partial charge in [-0.3, -0.25) is 0 Å². The molecule has 0 spiro atoms. The number of hydrogen-bond donors (Lipinski definition) is 1. The Labute approximate surface area is 167 Å². The number of nitrogen functional groups attached to an aromatic ring is 1. The highest BCUT2D eigenvalue weighted by Crippen LogP contribution is 2.43. The Kier molecular flexibility index (Phi) is 6.19. The van der Waals surface area contributed by atoms with Crippen LogP contribution in [0.2, 0.25) is 0 Å². The van der Waals surface area contributed by atoms with Gasteiger partial charge in [0.05, 0.1) is 17.5 Å². The highest BCUT2D eigenvalue weighted by molar-refractivity contribution is 9.10. The average molecular weight is 459 g/mol. The molecule has 2 N–H and O–H groups in total. The minimum Gasteiger partial charge on any atom is -0.487 e. The van der Waals surface area contributed by atoms with E-state index in [9.17, 15) is 8.78 Å². The molecule has 0 saturated carbocycles. The fourth-order valence-electron chi connectivity index (χ4n) is 2.43. The van der Waals surface area contributed by atoms with Crippen molar-refractivity contribution < 1.29 is 23.0 Å². The molecule has 0 saturated heterocycles. The van der Waals surface area contributed by atoms with Crippen LogP contribution in [-0.2, 0) is 4.74 Å². The molecule has 0 aliphatic heterocycles. The summed E-state index contributed by atoms with van der Waals surface area (Å²) in [7, 11) is 1.55. The van der Waals surface area contributed by atoms with E-state index in [-0.39, 0.29) is 24.0 Å². The van der Waals surface area contributed by atoms with Gasteiger partial charge in [-0.25, -0.2) is 15.0 Å². The van der Waals surface area contributed by atoms with Crippen LogP contribution in [0.1, 0.15) is 25.4 Å². The largest absolute Gasteiger partial charge is 0.487 e. The number of hydrogen-bond acceptors (Lipinski definition) is 8. The molecule has 1 aromatic carbocycles. The first-order valence-corrected chi connectivity index (χ1v) is 8.92. The first-order chi connectivity index (χ1) is 13.4. The summed E-state index contributed by atoms with van der Waals surface area (Å²) in [6, 6.07) is 1.68. The molecule has 1 unspecified atom stereocenters. The number of aromatic nitrogens is 5. The zero-order valence-electron chi connectivity index (χ0n) is 15.0. The molecule has 3 aromatic rings. The highest BCUT2D eigenvalue weighted by atomic mass is 79.9. The Hall–Kier alpha value is -2.60. The number of halogens is 3. The second-order valence-electron chi connectivity index (χ2n) is 5.63. The third-order valence-corrected chi connectivity index (χ3v) is 4.35. The lowest BCUT2D eigenvalue weighted by atomic mass is 10.2. The lowest BCUT2D eigenvalue weighted by molar-refractivity contribution is 0.0550. The summed E-state index contributed by atoms with van der Waals surface area (Å²) >= 11 is 3.43. The number of methoxy groups -OCH3 is 1. The van der Waals surface area contributed by atoms with E-state index in [0.29, 0.717) is 32.4 Å². The molecule has 2 aromatic heterocycles. The first kappa shape index (κ1) is 20.1. The van der Waals surface area contributed by atoms with Crippen molar-refractivity contribution in [2.24, 2.45) is 0 Å². The quantitative estimate of drug-likeness (QED) is 0.512. The molecule has 0 amide bonds. The predicted molar refractivity (Wildman–Crippen MR) is 99.3 cm³/mol. The molecule has 28 heavy (non-hydrogen) atoms. The van der Waals surface area contributed by atoms with Crippen molar-refractivity contribution in [3.8, 4) is 11.5 Å². The van der Waals surface area contributed by atoms with E-state index < -0.39 is 12.7 Å². The van der Waals surface area contributed by atoms with E-state index in [2.05, 4.69) is 36.0 Å². The second kappa shape index (κ2) is 8.61. The van der Waals surface area contributed by atoms with Gasteiger partial charge in [0.1, 0.15) is 25.1 Å². The van der Waals surface area contributed by atoms with Crippen molar-refractivity contribution in [3.05, 3.63) is 29.0 Å². The van der Waals surface area contributed by atoms with Gasteiger partial charge < -0.3 is 19.9 Å². The average Bonchev–Trinajstić information content (AvgIpc) is 3.15. The molecule has 9 nitrogen and oxygen atoms in total. The smallest absolute Gasteiger partial charge is 0.334 e. The van der Waals surface area contributed by atoms with Crippen LogP contribution in [0.5, 0.6) is 11.5 Å². The monoisotopic (exact) mass is 458 g/mol. The zero-order valence-corrected chi connectivity index (χ0v) is 16.6. The van der Waals surface area contributed by atoms with Gasteiger partial charge in [0.25, 0.3) is 0 Å². The summed E-state index contributed by atoms with van der Waals surface area (Å²) < 4.78 is 43.3. The van der Waals surface area contributed by atoms with E-state index in [1.165, 1.54) is 6.33 Å². The van der Waals surface area contributed by atoms with E-state index in [1.54, 1.807) is 20.1 Å². The van der Waals surface area contributed by atoms with Crippen LogP contribution in [0.3, 0.4) is 0 Å². The van der Waals surface area contributed by atoms with Crippen LogP contribution in [0, 0.1) is 0 Å². The van der Waals surface area contributed by atoms with Gasteiger partial charge in [0, 0.05) is 17.6 Å². The van der Waals surface area contributed by atoms with E-state index in [4.69, 9.17) is 19.9 Å². The molecule has 3 rings (SSSR count). The molecule has 1 atom stereocenters. The zero-order chi connectivity index (χ0) is 20.3. The normalized spacial score (nSPS) is 12.5. The second-order valence-corrected chi connectivity index (χ2v) is 6.48. The van der Waals surface area contributed by atoms with Crippen molar-refractivity contribution in [3.63, 3.8) is 0 Å². The molecule has 2 heterocycles. The number of anilines is 1. The van der Waals surface area contributed by atoms with Gasteiger partial charge in [-0.2, -0.15) is 13.5 Å². The summed E-state index contributed by atoms with van der Waals surface area (Å²) in [5.74, 6) is 0.872. The lowest BCUT2D eigenvalue weighted by Gasteiger charge is -2.19. The summed E-state index contributed by atoms with van der Waals surface area (Å²) in [6.45, 7) is -0.562. The third kappa shape index (κ3) is 4.12. The predicted octanol–water partition coefficient (Wildman–Crippen LogP) is 3.13. The Morgan fingerprint density at radius 3 is 2.71 bits per heavy atom. The highest BCUT2D eigenvalue weighted by Gasteiger charge is 2.23. The lowest BCUT2D eigenvalue weighted by Crippen LogP contribution is -2.11. The third-order valence-electron chi connectivity index (χ3n) is 3.74.